The zero-order valence-electron chi connectivity index (χ0n) is 16.6. The summed E-state index contributed by atoms with van der Waals surface area (Å²) in [5, 5.41) is 0.701. The van der Waals surface area contributed by atoms with Gasteiger partial charge in [-0.25, -0.2) is 0 Å². The third-order valence-electron chi connectivity index (χ3n) is 5.07. The average molecular weight is 415 g/mol. The molecule has 154 valence electrons. The molecule has 2 amide bonds. The van der Waals surface area contributed by atoms with Crippen molar-refractivity contribution in [3.8, 4) is 5.75 Å². The Morgan fingerprint density at radius 1 is 0.828 bits per heavy atom. The molecule has 0 radical (unpaired) electrons. The average Bonchev–Trinajstić information content (AvgIpc) is 2.77. The zero-order chi connectivity index (χ0) is 20.5. The first-order valence-corrected chi connectivity index (χ1v) is 10.5. The predicted octanol–water partition coefficient (Wildman–Crippen LogP) is 3.80. The van der Waals surface area contributed by atoms with E-state index in [2.05, 4.69) is 0 Å². The van der Waals surface area contributed by atoms with Gasteiger partial charge in [0, 0.05) is 44.0 Å². The molecule has 1 aliphatic rings. The zero-order valence-corrected chi connectivity index (χ0v) is 17.3. The minimum Gasteiger partial charge on any atom is -0.494 e. The summed E-state index contributed by atoms with van der Waals surface area (Å²) >= 11 is 5.89. The van der Waals surface area contributed by atoms with E-state index in [9.17, 15) is 9.59 Å². The van der Waals surface area contributed by atoms with E-state index in [4.69, 9.17) is 16.3 Å². The topological polar surface area (TPSA) is 49.9 Å². The number of para-hydroxylation sites is 1. The van der Waals surface area contributed by atoms with Crippen LogP contribution >= 0.6 is 11.6 Å². The highest BCUT2D eigenvalue weighted by Gasteiger charge is 2.23. The summed E-state index contributed by atoms with van der Waals surface area (Å²) in [5.41, 5.74) is 1.11. The molecule has 2 aromatic carbocycles. The number of aryl methyl sites for hydroxylation is 1. The molecule has 0 aromatic heterocycles. The van der Waals surface area contributed by atoms with Crippen molar-refractivity contribution >= 4 is 23.4 Å². The number of carbonyl (C=O) groups excluding carboxylic acids is 2. The molecule has 0 saturated carbocycles. The van der Waals surface area contributed by atoms with Gasteiger partial charge in [-0.1, -0.05) is 41.9 Å². The van der Waals surface area contributed by atoms with E-state index in [-0.39, 0.29) is 11.8 Å². The van der Waals surface area contributed by atoms with Crippen molar-refractivity contribution in [3.05, 3.63) is 65.2 Å². The van der Waals surface area contributed by atoms with Gasteiger partial charge in [-0.05, 0) is 42.7 Å². The standard InChI is InChI=1S/C23H27ClN2O3/c24-20-11-8-19(9-12-20)10-13-23(28)26-16-14-25(15-17-26)22(27)7-4-18-29-21-5-2-1-3-6-21/h1-3,5-6,8-9,11-12H,4,7,10,13-18H2. The van der Waals surface area contributed by atoms with Gasteiger partial charge >= 0.3 is 0 Å². The number of halogens is 1. The molecular weight excluding hydrogens is 388 g/mol. The Labute approximate surface area is 177 Å². The van der Waals surface area contributed by atoms with Gasteiger partial charge < -0.3 is 14.5 Å². The van der Waals surface area contributed by atoms with E-state index in [1.807, 2.05) is 64.4 Å². The number of carbonyl (C=O) groups is 2. The maximum absolute atomic E-state index is 12.4. The van der Waals surface area contributed by atoms with Crippen molar-refractivity contribution in [2.75, 3.05) is 32.8 Å². The van der Waals surface area contributed by atoms with Crippen molar-refractivity contribution < 1.29 is 14.3 Å². The van der Waals surface area contributed by atoms with Crippen LogP contribution in [-0.4, -0.2) is 54.4 Å². The highest BCUT2D eigenvalue weighted by molar-refractivity contribution is 6.30. The number of hydrogen-bond acceptors (Lipinski definition) is 3. The number of piperazine rings is 1. The van der Waals surface area contributed by atoms with Crippen molar-refractivity contribution in [1.29, 1.82) is 0 Å². The van der Waals surface area contributed by atoms with Gasteiger partial charge in [-0.15, -0.1) is 0 Å². The summed E-state index contributed by atoms with van der Waals surface area (Å²) in [4.78, 5) is 28.5. The summed E-state index contributed by atoms with van der Waals surface area (Å²) in [5.74, 6) is 1.10. The van der Waals surface area contributed by atoms with Crippen LogP contribution in [0.3, 0.4) is 0 Å². The molecule has 6 heteroatoms. The first-order chi connectivity index (χ1) is 14.1. The fourth-order valence-corrected chi connectivity index (χ4v) is 3.48. The van der Waals surface area contributed by atoms with Crippen LogP contribution in [0, 0.1) is 0 Å². The Hall–Kier alpha value is -2.53. The lowest BCUT2D eigenvalue weighted by atomic mass is 10.1. The first kappa shape index (κ1) is 21.2. The molecule has 0 aliphatic carbocycles. The Morgan fingerprint density at radius 2 is 1.41 bits per heavy atom. The lowest BCUT2D eigenvalue weighted by Gasteiger charge is -2.35. The van der Waals surface area contributed by atoms with Crippen molar-refractivity contribution in [2.45, 2.75) is 25.7 Å². The maximum atomic E-state index is 12.4. The van der Waals surface area contributed by atoms with Gasteiger partial charge in [0.15, 0.2) is 0 Å². The molecule has 1 aliphatic heterocycles. The second-order valence-electron chi connectivity index (χ2n) is 7.15. The van der Waals surface area contributed by atoms with Crippen LogP contribution in [-0.2, 0) is 16.0 Å². The van der Waals surface area contributed by atoms with Gasteiger partial charge in [0.1, 0.15) is 5.75 Å². The molecule has 1 heterocycles. The van der Waals surface area contributed by atoms with Crippen molar-refractivity contribution in [3.63, 3.8) is 0 Å². The van der Waals surface area contributed by atoms with E-state index in [0.717, 1.165) is 11.3 Å². The van der Waals surface area contributed by atoms with Crippen LogP contribution in [0.4, 0.5) is 0 Å². The summed E-state index contributed by atoms with van der Waals surface area (Å²) in [7, 11) is 0. The Balaban J connectivity index is 1.32. The number of benzene rings is 2. The Morgan fingerprint density at radius 3 is 2.03 bits per heavy atom. The summed E-state index contributed by atoms with van der Waals surface area (Å²) in [6, 6.07) is 17.2. The summed E-state index contributed by atoms with van der Waals surface area (Å²) < 4.78 is 5.63. The Kier molecular flexibility index (Phi) is 7.94. The highest BCUT2D eigenvalue weighted by atomic mass is 35.5. The molecule has 0 unspecified atom stereocenters. The minimum absolute atomic E-state index is 0.134. The monoisotopic (exact) mass is 414 g/mol. The molecule has 5 nitrogen and oxygen atoms in total. The quantitative estimate of drug-likeness (QED) is 0.617. The summed E-state index contributed by atoms with van der Waals surface area (Å²) in [6.45, 7) is 2.94. The third-order valence-corrected chi connectivity index (χ3v) is 5.32. The Bertz CT molecular complexity index is 788. The van der Waals surface area contributed by atoms with Crippen LogP contribution < -0.4 is 4.74 Å². The molecule has 3 rings (SSSR count). The van der Waals surface area contributed by atoms with E-state index in [0.29, 0.717) is 63.5 Å². The van der Waals surface area contributed by atoms with Crippen LogP contribution in [0.5, 0.6) is 5.75 Å². The van der Waals surface area contributed by atoms with Gasteiger partial charge in [0.2, 0.25) is 11.8 Å². The van der Waals surface area contributed by atoms with E-state index < -0.39 is 0 Å². The van der Waals surface area contributed by atoms with Gasteiger partial charge in [-0.3, -0.25) is 9.59 Å². The van der Waals surface area contributed by atoms with E-state index in [1.165, 1.54) is 0 Å². The van der Waals surface area contributed by atoms with Crippen molar-refractivity contribution in [2.24, 2.45) is 0 Å². The van der Waals surface area contributed by atoms with Crippen LogP contribution in [0.1, 0.15) is 24.8 Å². The molecule has 1 saturated heterocycles. The number of ether oxygens (including phenoxy) is 1. The SMILES string of the molecule is O=C(CCCOc1ccccc1)N1CCN(C(=O)CCc2ccc(Cl)cc2)CC1. The number of rotatable bonds is 8. The van der Waals surface area contributed by atoms with Gasteiger partial charge in [-0.2, -0.15) is 0 Å². The van der Waals surface area contributed by atoms with Gasteiger partial charge in [0.05, 0.1) is 6.61 Å². The minimum atomic E-state index is 0.134. The molecule has 1 fully saturated rings. The number of nitrogens with zero attached hydrogens (tertiary/aromatic N) is 2. The van der Waals surface area contributed by atoms with Crippen LogP contribution in [0.25, 0.3) is 0 Å². The van der Waals surface area contributed by atoms with E-state index >= 15 is 0 Å². The molecule has 0 N–H and O–H groups in total. The molecular formula is C23H27ClN2O3. The fourth-order valence-electron chi connectivity index (χ4n) is 3.35. The molecule has 0 spiro atoms. The highest BCUT2D eigenvalue weighted by Crippen LogP contribution is 2.13. The predicted molar refractivity (Wildman–Crippen MR) is 114 cm³/mol. The second kappa shape index (κ2) is 10.9. The van der Waals surface area contributed by atoms with Crippen molar-refractivity contribution in [1.82, 2.24) is 9.80 Å². The molecule has 2 aromatic rings. The third kappa shape index (κ3) is 6.79. The van der Waals surface area contributed by atoms with E-state index in [1.54, 1.807) is 0 Å². The smallest absolute Gasteiger partial charge is 0.223 e. The largest absolute Gasteiger partial charge is 0.494 e. The van der Waals surface area contributed by atoms with Crippen LogP contribution in [0.2, 0.25) is 5.02 Å². The first-order valence-electron chi connectivity index (χ1n) is 10.1. The number of hydrogen-bond donors (Lipinski definition) is 0. The molecule has 29 heavy (non-hydrogen) atoms. The lowest BCUT2D eigenvalue weighted by Crippen LogP contribution is -2.50. The fraction of sp³-hybridized carbons (Fsp3) is 0.391. The lowest BCUT2D eigenvalue weighted by molar-refractivity contribution is -0.139. The summed E-state index contributed by atoms with van der Waals surface area (Å²) in [6.07, 6.45) is 2.34. The number of amides is 2. The van der Waals surface area contributed by atoms with Gasteiger partial charge in [0.25, 0.3) is 0 Å². The molecule has 0 atom stereocenters. The normalized spacial score (nSPS) is 14.0. The van der Waals surface area contributed by atoms with Crippen LogP contribution in [0.15, 0.2) is 54.6 Å². The molecule has 0 bridgehead atoms. The second-order valence-corrected chi connectivity index (χ2v) is 7.59. The maximum Gasteiger partial charge on any atom is 0.223 e.